The molecule has 1 fully saturated rings. The van der Waals surface area contributed by atoms with E-state index in [0.29, 0.717) is 26.1 Å². The van der Waals surface area contributed by atoms with Gasteiger partial charge in [-0.3, -0.25) is 19.8 Å². The second-order valence-corrected chi connectivity index (χ2v) is 11.0. The highest BCUT2D eigenvalue weighted by Gasteiger charge is 2.28. The van der Waals surface area contributed by atoms with Crippen molar-refractivity contribution in [2.24, 2.45) is 0 Å². The number of fused-ring (bicyclic) bond motifs is 1. The Hall–Kier alpha value is -4.75. The van der Waals surface area contributed by atoms with Crippen molar-refractivity contribution in [1.29, 1.82) is 0 Å². The predicted molar refractivity (Wildman–Crippen MR) is 165 cm³/mol. The molecule has 1 atom stereocenters. The van der Waals surface area contributed by atoms with Crippen LogP contribution in [0.3, 0.4) is 0 Å². The number of carbonyl (C=O) groups is 1. The van der Waals surface area contributed by atoms with Gasteiger partial charge in [0.25, 0.3) is 5.69 Å². The first-order valence-corrected chi connectivity index (χ1v) is 14.5. The first-order chi connectivity index (χ1) is 20.5. The van der Waals surface area contributed by atoms with Crippen LogP contribution in [0.5, 0.6) is 0 Å². The standard InChI is InChI=1S/C35H34N4O3/c40-35(37-20-18-36(19-21-37)24-27-10-4-1-5-11-27)23-31(29-14-8-3-9-15-29)33-26-38(25-28-12-6-2-7-13-28)34-17-16-30(39(41)42)22-32(33)34/h1-17,22,26,31H,18-21,23-25H2. The van der Waals surface area contributed by atoms with Crippen molar-refractivity contribution in [3.8, 4) is 0 Å². The Bertz CT molecular complexity index is 1660. The number of hydrogen-bond donors (Lipinski definition) is 0. The van der Waals surface area contributed by atoms with Gasteiger partial charge in [-0.1, -0.05) is 91.0 Å². The largest absolute Gasteiger partial charge is 0.343 e. The Kier molecular flexibility index (Phi) is 8.10. The van der Waals surface area contributed by atoms with E-state index in [1.165, 1.54) is 5.56 Å². The maximum absolute atomic E-state index is 13.8. The molecule has 1 unspecified atom stereocenters. The molecule has 1 aliphatic rings. The van der Waals surface area contributed by atoms with E-state index in [1.54, 1.807) is 12.1 Å². The third-order valence-corrected chi connectivity index (χ3v) is 8.23. The fourth-order valence-corrected chi connectivity index (χ4v) is 6.01. The molecular weight excluding hydrogens is 524 g/mol. The minimum atomic E-state index is -0.352. The molecular formula is C35H34N4O3. The first-order valence-electron chi connectivity index (χ1n) is 14.5. The fourth-order valence-electron chi connectivity index (χ4n) is 6.01. The van der Waals surface area contributed by atoms with Crippen molar-refractivity contribution in [3.05, 3.63) is 148 Å². The lowest BCUT2D eigenvalue weighted by molar-refractivity contribution is -0.384. The number of non-ortho nitro benzene ring substituents is 1. The maximum Gasteiger partial charge on any atom is 0.270 e. The molecule has 4 aromatic carbocycles. The van der Waals surface area contributed by atoms with Gasteiger partial charge >= 0.3 is 0 Å². The van der Waals surface area contributed by atoms with Gasteiger partial charge in [-0.25, -0.2) is 0 Å². The molecule has 6 rings (SSSR count). The normalized spacial score (nSPS) is 14.6. The fraction of sp³-hybridized carbons (Fsp3) is 0.229. The molecule has 0 saturated carbocycles. The summed E-state index contributed by atoms with van der Waals surface area (Å²) in [4.78, 5) is 29.6. The molecule has 1 aromatic heterocycles. The predicted octanol–water partition coefficient (Wildman–Crippen LogP) is 6.46. The number of nitrogens with zero attached hydrogens (tertiary/aromatic N) is 4. The van der Waals surface area contributed by atoms with Crippen LogP contribution in [0.1, 0.15) is 34.6 Å². The van der Waals surface area contributed by atoms with Gasteiger partial charge in [0.1, 0.15) is 0 Å². The maximum atomic E-state index is 13.8. The molecule has 5 aromatic rings. The van der Waals surface area contributed by atoms with Crippen LogP contribution in [0.15, 0.2) is 115 Å². The van der Waals surface area contributed by atoms with Gasteiger partial charge in [0.15, 0.2) is 0 Å². The summed E-state index contributed by atoms with van der Waals surface area (Å²) in [5.41, 5.74) is 5.35. The van der Waals surface area contributed by atoms with Crippen molar-refractivity contribution in [2.45, 2.75) is 25.4 Å². The summed E-state index contributed by atoms with van der Waals surface area (Å²) >= 11 is 0. The van der Waals surface area contributed by atoms with Crippen LogP contribution in [-0.4, -0.2) is 51.4 Å². The number of hydrogen-bond acceptors (Lipinski definition) is 4. The summed E-state index contributed by atoms with van der Waals surface area (Å²) in [6.07, 6.45) is 2.39. The molecule has 7 heteroatoms. The van der Waals surface area contributed by atoms with Crippen molar-refractivity contribution >= 4 is 22.5 Å². The Morgan fingerprint density at radius 2 is 1.36 bits per heavy atom. The minimum absolute atomic E-state index is 0.0499. The number of amides is 1. The van der Waals surface area contributed by atoms with Crippen molar-refractivity contribution < 1.29 is 9.72 Å². The zero-order chi connectivity index (χ0) is 28.9. The van der Waals surface area contributed by atoms with Gasteiger partial charge in [-0.15, -0.1) is 0 Å². The van der Waals surface area contributed by atoms with Gasteiger partial charge in [-0.05, 0) is 28.3 Å². The molecule has 0 aliphatic carbocycles. The zero-order valence-corrected chi connectivity index (χ0v) is 23.5. The molecule has 0 radical (unpaired) electrons. The Balaban J connectivity index is 1.29. The summed E-state index contributed by atoms with van der Waals surface area (Å²) in [7, 11) is 0. The minimum Gasteiger partial charge on any atom is -0.343 e. The van der Waals surface area contributed by atoms with Gasteiger partial charge < -0.3 is 9.47 Å². The molecule has 1 amide bonds. The van der Waals surface area contributed by atoms with Crippen LogP contribution in [0.4, 0.5) is 5.69 Å². The van der Waals surface area contributed by atoms with Gasteiger partial charge in [0.2, 0.25) is 5.91 Å². The highest BCUT2D eigenvalue weighted by molar-refractivity contribution is 5.88. The number of nitro benzene ring substituents is 1. The molecule has 1 saturated heterocycles. The van der Waals surface area contributed by atoms with Crippen LogP contribution in [0.2, 0.25) is 0 Å². The van der Waals surface area contributed by atoms with Crippen LogP contribution < -0.4 is 0 Å². The SMILES string of the molecule is O=C(CC(c1ccccc1)c1cn(Cc2ccccc2)c2ccc([N+](=O)[O-])cc12)N1CCN(Cc2ccccc2)CC1. The second kappa shape index (κ2) is 12.4. The van der Waals surface area contributed by atoms with Crippen LogP contribution >= 0.6 is 0 Å². The van der Waals surface area contributed by atoms with E-state index >= 15 is 0 Å². The summed E-state index contributed by atoms with van der Waals surface area (Å²) in [5.74, 6) is -0.125. The van der Waals surface area contributed by atoms with Crippen molar-refractivity contribution in [3.63, 3.8) is 0 Å². The molecule has 212 valence electrons. The third kappa shape index (κ3) is 6.11. The average molecular weight is 559 g/mol. The summed E-state index contributed by atoms with van der Waals surface area (Å²) in [5, 5.41) is 12.6. The second-order valence-electron chi connectivity index (χ2n) is 11.0. The molecule has 2 heterocycles. The number of piperazine rings is 1. The van der Waals surface area contributed by atoms with E-state index in [1.807, 2.05) is 65.6 Å². The Morgan fingerprint density at radius 1 is 0.762 bits per heavy atom. The number of aromatic nitrogens is 1. The number of nitro groups is 1. The summed E-state index contributed by atoms with van der Waals surface area (Å²) < 4.78 is 2.15. The Labute approximate surface area is 245 Å². The van der Waals surface area contributed by atoms with Crippen molar-refractivity contribution in [1.82, 2.24) is 14.4 Å². The van der Waals surface area contributed by atoms with Crippen LogP contribution in [-0.2, 0) is 17.9 Å². The highest BCUT2D eigenvalue weighted by atomic mass is 16.6. The molecule has 7 nitrogen and oxygen atoms in total. The monoisotopic (exact) mass is 558 g/mol. The highest BCUT2D eigenvalue weighted by Crippen LogP contribution is 2.37. The smallest absolute Gasteiger partial charge is 0.270 e. The number of rotatable bonds is 9. The number of carbonyl (C=O) groups excluding carboxylic acids is 1. The van der Waals surface area contributed by atoms with E-state index in [-0.39, 0.29) is 22.4 Å². The van der Waals surface area contributed by atoms with Gasteiger partial charge in [0.05, 0.1) is 4.92 Å². The van der Waals surface area contributed by atoms with E-state index in [0.717, 1.165) is 47.2 Å². The van der Waals surface area contributed by atoms with Gasteiger partial charge in [0, 0.05) is 80.8 Å². The third-order valence-electron chi connectivity index (χ3n) is 8.23. The van der Waals surface area contributed by atoms with Gasteiger partial charge in [-0.2, -0.15) is 0 Å². The summed E-state index contributed by atoms with van der Waals surface area (Å²) in [6.45, 7) is 4.56. The average Bonchev–Trinajstić information content (AvgIpc) is 3.38. The lowest BCUT2D eigenvalue weighted by Crippen LogP contribution is -2.48. The quantitative estimate of drug-likeness (QED) is 0.154. The van der Waals surface area contributed by atoms with E-state index in [2.05, 4.69) is 52.1 Å². The van der Waals surface area contributed by atoms with Crippen molar-refractivity contribution in [2.75, 3.05) is 26.2 Å². The zero-order valence-electron chi connectivity index (χ0n) is 23.5. The van der Waals surface area contributed by atoms with E-state index < -0.39 is 0 Å². The molecule has 1 aliphatic heterocycles. The van der Waals surface area contributed by atoms with Crippen LogP contribution in [0, 0.1) is 10.1 Å². The lowest BCUT2D eigenvalue weighted by Gasteiger charge is -2.35. The molecule has 42 heavy (non-hydrogen) atoms. The Morgan fingerprint density at radius 3 is 1.98 bits per heavy atom. The lowest BCUT2D eigenvalue weighted by atomic mass is 9.87. The first kappa shape index (κ1) is 27.4. The molecule has 0 spiro atoms. The number of benzene rings is 4. The molecule has 0 bridgehead atoms. The van der Waals surface area contributed by atoms with Crippen LogP contribution in [0.25, 0.3) is 10.9 Å². The van der Waals surface area contributed by atoms with E-state index in [4.69, 9.17) is 0 Å². The topological polar surface area (TPSA) is 71.6 Å². The molecule has 0 N–H and O–H groups in total. The van der Waals surface area contributed by atoms with E-state index in [9.17, 15) is 14.9 Å². The summed E-state index contributed by atoms with van der Waals surface area (Å²) in [6, 6.07) is 35.7.